The largest absolute Gasteiger partial charge is 0.444 e. The molecule has 0 aromatic carbocycles. The predicted molar refractivity (Wildman–Crippen MR) is 88.4 cm³/mol. The fourth-order valence-corrected chi connectivity index (χ4v) is 2.25. The molecule has 2 rings (SSSR count). The Morgan fingerprint density at radius 2 is 2.16 bits per heavy atom. The number of likely N-dealkylation sites (tertiary alicyclic amines) is 1. The van der Waals surface area contributed by atoms with Gasteiger partial charge in [-0.15, -0.1) is 0 Å². The number of hydrogen-bond donors (Lipinski definition) is 2. The molecule has 1 aliphatic heterocycles. The number of alkyl halides is 2. The summed E-state index contributed by atoms with van der Waals surface area (Å²) in [7, 11) is 1.58. The monoisotopic (exact) mass is 358 g/mol. The normalized spacial score (nSPS) is 16.0. The molecule has 0 unspecified atom stereocenters. The molecule has 1 aliphatic rings. The Morgan fingerprint density at radius 1 is 1.48 bits per heavy atom. The third-order valence-corrected chi connectivity index (χ3v) is 3.47. The number of ether oxygens (including phenoxy) is 1. The van der Waals surface area contributed by atoms with Crippen LogP contribution in [0.25, 0.3) is 0 Å². The van der Waals surface area contributed by atoms with Crippen molar-refractivity contribution in [2.45, 2.75) is 45.5 Å². The van der Waals surface area contributed by atoms with E-state index in [1.165, 1.54) is 12.4 Å². The number of imidazole rings is 1. The Morgan fingerprint density at radius 3 is 2.72 bits per heavy atom. The lowest BCUT2D eigenvalue weighted by atomic mass is 10.1. The summed E-state index contributed by atoms with van der Waals surface area (Å²) < 4.78 is 31.6. The molecule has 1 amide bonds. The highest BCUT2D eigenvalue weighted by Gasteiger charge is 2.34. The van der Waals surface area contributed by atoms with Gasteiger partial charge in [-0.05, 0) is 20.8 Å². The van der Waals surface area contributed by atoms with Crippen molar-refractivity contribution >= 4 is 12.1 Å². The summed E-state index contributed by atoms with van der Waals surface area (Å²) in [5, 5.41) is 6.06. The second-order valence-electron chi connectivity index (χ2n) is 6.68. The molecule has 2 heterocycles. The number of rotatable bonds is 4. The van der Waals surface area contributed by atoms with Crippen molar-refractivity contribution in [2.75, 3.05) is 20.1 Å². The molecule has 0 bridgehead atoms. The molecule has 0 spiro atoms. The highest BCUT2D eigenvalue weighted by Crippen LogP contribution is 2.15. The van der Waals surface area contributed by atoms with Crippen LogP contribution in [0.4, 0.5) is 13.6 Å². The third kappa shape index (κ3) is 5.30. The van der Waals surface area contributed by atoms with Gasteiger partial charge < -0.3 is 20.3 Å². The molecule has 2 N–H and O–H groups in total. The van der Waals surface area contributed by atoms with Gasteiger partial charge in [-0.2, -0.15) is 8.78 Å². The van der Waals surface area contributed by atoms with Crippen LogP contribution >= 0.6 is 0 Å². The van der Waals surface area contributed by atoms with Crippen LogP contribution in [0.5, 0.6) is 0 Å². The van der Waals surface area contributed by atoms with Crippen molar-refractivity contribution in [2.24, 2.45) is 4.99 Å². The van der Waals surface area contributed by atoms with Crippen molar-refractivity contribution in [1.29, 1.82) is 0 Å². The smallest absolute Gasteiger partial charge is 0.410 e. The lowest BCUT2D eigenvalue weighted by molar-refractivity contribution is 0.00701. The van der Waals surface area contributed by atoms with E-state index in [9.17, 15) is 13.6 Å². The fourth-order valence-electron chi connectivity index (χ4n) is 2.25. The zero-order valence-corrected chi connectivity index (χ0v) is 14.8. The van der Waals surface area contributed by atoms with Crippen LogP contribution in [0.2, 0.25) is 0 Å². The summed E-state index contributed by atoms with van der Waals surface area (Å²) in [4.78, 5) is 21.4. The molecule has 1 fully saturated rings. The van der Waals surface area contributed by atoms with Crippen LogP contribution in [0.3, 0.4) is 0 Å². The molecular formula is C15H24F2N6O2. The molecule has 1 aromatic rings. The van der Waals surface area contributed by atoms with E-state index in [1.807, 2.05) is 20.8 Å². The van der Waals surface area contributed by atoms with Gasteiger partial charge in [0.05, 0.1) is 12.6 Å². The summed E-state index contributed by atoms with van der Waals surface area (Å²) >= 11 is 0. The minimum absolute atomic E-state index is 0.0218. The number of carbonyl (C=O) groups is 1. The van der Waals surface area contributed by atoms with Gasteiger partial charge in [0.2, 0.25) is 0 Å². The maximum atomic E-state index is 12.8. The van der Waals surface area contributed by atoms with Gasteiger partial charge in [-0.3, -0.25) is 9.56 Å². The van der Waals surface area contributed by atoms with Gasteiger partial charge in [0.25, 0.3) is 0 Å². The van der Waals surface area contributed by atoms with Gasteiger partial charge >= 0.3 is 12.6 Å². The number of nitrogens with one attached hydrogen (secondary N) is 2. The molecule has 0 atom stereocenters. The quantitative estimate of drug-likeness (QED) is 0.630. The number of carbonyl (C=O) groups excluding carboxylic acids is 1. The first-order valence-corrected chi connectivity index (χ1v) is 7.94. The minimum Gasteiger partial charge on any atom is -0.444 e. The fraction of sp³-hybridized carbons (Fsp3) is 0.667. The van der Waals surface area contributed by atoms with E-state index < -0.39 is 12.2 Å². The summed E-state index contributed by atoms with van der Waals surface area (Å²) in [6, 6.07) is 0.0218. The van der Waals surface area contributed by atoms with E-state index in [-0.39, 0.29) is 24.5 Å². The highest BCUT2D eigenvalue weighted by molar-refractivity contribution is 5.80. The van der Waals surface area contributed by atoms with Crippen LogP contribution in [0, 0.1) is 0 Å². The van der Waals surface area contributed by atoms with Gasteiger partial charge in [-0.25, -0.2) is 9.78 Å². The van der Waals surface area contributed by atoms with E-state index in [0.29, 0.717) is 19.0 Å². The van der Waals surface area contributed by atoms with Crippen molar-refractivity contribution in [3.05, 3.63) is 18.2 Å². The van der Waals surface area contributed by atoms with Crippen LogP contribution in [-0.2, 0) is 11.3 Å². The molecule has 25 heavy (non-hydrogen) atoms. The lowest BCUT2D eigenvalue weighted by Crippen LogP contribution is -2.63. The average molecular weight is 358 g/mol. The number of aromatic nitrogens is 2. The van der Waals surface area contributed by atoms with E-state index in [1.54, 1.807) is 11.9 Å². The zero-order chi connectivity index (χ0) is 18.6. The summed E-state index contributed by atoms with van der Waals surface area (Å²) in [6.45, 7) is 3.89. The van der Waals surface area contributed by atoms with Gasteiger partial charge in [0.15, 0.2) is 5.96 Å². The maximum absolute atomic E-state index is 12.8. The third-order valence-electron chi connectivity index (χ3n) is 3.47. The Bertz CT molecular complexity index is 620. The first-order chi connectivity index (χ1) is 11.7. The number of guanidine groups is 1. The predicted octanol–water partition coefficient (Wildman–Crippen LogP) is 1.56. The molecule has 0 aliphatic carbocycles. The molecule has 0 saturated carbocycles. The van der Waals surface area contributed by atoms with Crippen LogP contribution in [0.1, 0.15) is 33.1 Å². The van der Waals surface area contributed by atoms with E-state index in [4.69, 9.17) is 4.74 Å². The maximum Gasteiger partial charge on any atom is 0.410 e. The van der Waals surface area contributed by atoms with E-state index in [2.05, 4.69) is 20.6 Å². The molecule has 140 valence electrons. The minimum atomic E-state index is -2.64. The van der Waals surface area contributed by atoms with Crippen LogP contribution in [0.15, 0.2) is 17.4 Å². The number of amides is 1. The highest BCUT2D eigenvalue weighted by atomic mass is 19.3. The zero-order valence-electron chi connectivity index (χ0n) is 14.8. The molecule has 0 radical (unpaired) electrons. The Balaban J connectivity index is 1.77. The van der Waals surface area contributed by atoms with Crippen molar-refractivity contribution in [3.63, 3.8) is 0 Å². The Kier molecular flexibility index (Phi) is 5.81. The SMILES string of the molecule is CN=C(NCc1nccn1C(F)F)NC1CN(C(=O)OC(C)(C)C)C1. The first kappa shape index (κ1) is 18.9. The van der Waals surface area contributed by atoms with Gasteiger partial charge in [0.1, 0.15) is 11.4 Å². The van der Waals surface area contributed by atoms with Gasteiger partial charge in [-0.1, -0.05) is 0 Å². The number of halogens is 2. The molecule has 1 saturated heterocycles. The number of nitrogens with zero attached hydrogens (tertiary/aromatic N) is 4. The standard InChI is InChI=1S/C15H24F2N6O2/c1-15(2,3)25-14(24)22-8-10(9-22)21-13(18-4)20-7-11-19-5-6-23(11)12(16)17/h5-6,10,12H,7-9H2,1-4H3,(H2,18,20,21). The average Bonchev–Trinajstić information content (AvgIpc) is 2.92. The Hall–Kier alpha value is -2.39. The molecule has 10 heteroatoms. The van der Waals surface area contributed by atoms with Crippen LogP contribution in [-0.4, -0.2) is 58.3 Å². The molecule has 8 nitrogen and oxygen atoms in total. The van der Waals surface area contributed by atoms with Crippen LogP contribution < -0.4 is 10.6 Å². The van der Waals surface area contributed by atoms with Crippen molar-refractivity contribution < 1.29 is 18.3 Å². The second kappa shape index (κ2) is 7.66. The van der Waals surface area contributed by atoms with Crippen molar-refractivity contribution in [3.8, 4) is 0 Å². The summed E-state index contributed by atoms with van der Waals surface area (Å²) in [5.41, 5.74) is -0.528. The van der Waals surface area contributed by atoms with E-state index >= 15 is 0 Å². The topological polar surface area (TPSA) is 83.8 Å². The second-order valence-corrected chi connectivity index (χ2v) is 6.68. The van der Waals surface area contributed by atoms with E-state index in [0.717, 1.165) is 4.57 Å². The number of aliphatic imine (C=N–C) groups is 1. The molecule has 1 aromatic heterocycles. The molecular weight excluding hydrogens is 334 g/mol. The van der Waals surface area contributed by atoms with Crippen molar-refractivity contribution in [1.82, 2.24) is 25.1 Å². The summed E-state index contributed by atoms with van der Waals surface area (Å²) in [6.07, 6.45) is 2.19. The summed E-state index contributed by atoms with van der Waals surface area (Å²) in [5.74, 6) is 0.666. The van der Waals surface area contributed by atoms with Gasteiger partial charge in [0, 0.05) is 32.5 Å². The Labute approximate surface area is 145 Å². The number of hydrogen-bond acceptors (Lipinski definition) is 4. The first-order valence-electron chi connectivity index (χ1n) is 7.94. The lowest BCUT2D eigenvalue weighted by Gasteiger charge is -2.40.